The number of rotatable bonds is 2. The fourth-order valence-electron chi connectivity index (χ4n) is 1.65. The molecule has 5 heteroatoms. The molecular formula is C14H9BrN4. The summed E-state index contributed by atoms with van der Waals surface area (Å²) >= 11 is 3.36. The van der Waals surface area contributed by atoms with Crippen LogP contribution in [0.4, 0.5) is 11.5 Å². The first-order valence-corrected chi connectivity index (χ1v) is 6.27. The molecule has 92 valence electrons. The summed E-state index contributed by atoms with van der Waals surface area (Å²) in [5, 5.41) is 21.1. The first kappa shape index (κ1) is 13.1. The lowest BCUT2D eigenvalue weighted by molar-refractivity contribution is 1.19. The van der Waals surface area contributed by atoms with Crippen molar-refractivity contribution in [1.82, 2.24) is 4.98 Å². The summed E-state index contributed by atoms with van der Waals surface area (Å²) in [7, 11) is 0. The van der Waals surface area contributed by atoms with Crippen molar-refractivity contribution in [1.29, 1.82) is 10.5 Å². The Bertz CT molecular complexity index is 710. The van der Waals surface area contributed by atoms with Crippen LogP contribution in [0.25, 0.3) is 0 Å². The van der Waals surface area contributed by atoms with Crippen molar-refractivity contribution >= 4 is 27.4 Å². The van der Waals surface area contributed by atoms with Crippen LogP contribution in [0, 0.1) is 29.6 Å². The van der Waals surface area contributed by atoms with E-state index in [4.69, 9.17) is 10.5 Å². The van der Waals surface area contributed by atoms with E-state index in [1.165, 1.54) is 0 Å². The summed E-state index contributed by atoms with van der Waals surface area (Å²) < 4.78 is 0.863. The average Bonchev–Trinajstić information content (AvgIpc) is 2.38. The second-order valence-corrected chi connectivity index (χ2v) is 4.84. The van der Waals surface area contributed by atoms with Crippen LogP contribution >= 0.6 is 15.9 Å². The topological polar surface area (TPSA) is 72.5 Å². The van der Waals surface area contributed by atoms with E-state index in [1.54, 1.807) is 30.3 Å². The minimum atomic E-state index is 0.519. The molecule has 0 aliphatic rings. The maximum atomic E-state index is 9.06. The highest BCUT2D eigenvalue weighted by atomic mass is 79.9. The van der Waals surface area contributed by atoms with Gasteiger partial charge in [-0.05, 0) is 37.3 Å². The Morgan fingerprint density at radius 1 is 1.16 bits per heavy atom. The molecule has 0 spiro atoms. The van der Waals surface area contributed by atoms with Gasteiger partial charge in [0.05, 0.1) is 22.9 Å². The van der Waals surface area contributed by atoms with Crippen molar-refractivity contribution in [3.63, 3.8) is 0 Å². The van der Waals surface area contributed by atoms with Crippen LogP contribution in [-0.2, 0) is 0 Å². The van der Waals surface area contributed by atoms with Gasteiger partial charge in [0.2, 0.25) is 0 Å². The van der Waals surface area contributed by atoms with Gasteiger partial charge in [-0.1, -0.05) is 15.9 Å². The summed E-state index contributed by atoms with van der Waals surface area (Å²) in [4.78, 5) is 4.30. The quantitative estimate of drug-likeness (QED) is 0.918. The van der Waals surface area contributed by atoms with Crippen LogP contribution in [0.15, 0.2) is 34.8 Å². The molecule has 1 N–H and O–H groups in total. The highest BCUT2D eigenvalue weighted by Gasteiger charge is 2.05. The summed E-state index contributed by atoms with van der Waals surface area (Å²) in [6.45, 7) is 1.82. The molecule has 0 fully saturated rings. The number of nitrogens with zero attached hydrogens (tertiary/aromatic N) is 3. The third-order valence-corrected chi connectivity index (χ3v) is 2.94. The van der Waals surface area contributed by atoms with Crippen molar-refractivity contribution in [2.24, 2.45) is 0 Å². The second kappa shape index (κ2) is 5.51. The maximum Gasteiger partial charge on any atom is 0.131 e. The van der Waals surface area contributed by atoms with Crippen LogP contribution in [-0.4, -0.2) is 4.98 Å². The Balaban J connectivity index is 2.42. The predicted molar refractivity (Wildman–Crippen MR) is 75.8 cm³/mol. The predicted octanol–water partition coefficient (Wildman–Crippen LogP) is 3.64. The van der Waals surface area contributed by atoms with E-state index in [0.29, 0.717) is 22.6 Å². The van der Waals surface area contributed by atoms with Gasteiger partial charge in [0.15, 0.2) is 0 Å². The van der Waals surface area contributed by atoms with E-state index in [9.17, 15) is 0 Å². The van der Waals surface area contributed by atoms with Gasteiger partial charge in [0.1, 0.15) is 11.9 Å². The van der Waals surface area contributed by atoms with Gasteiger partial charge in [-0.3, -0.25) is 0 Å². The van der Waals surface area contributed by atoms with Gasteiger partial charge in [-0.2, -0.15) is 10.5 Å². The average molecular weight is 313 g/mol. The number of hydrogen-bond acceptors (Lipinski definition) is 4. The van der Waals surface area contributed by atoms with Crippen molar-refractivity contribution in [2.75, 3.05) is 5.32 Å². The minimum Gasteiger partial charge on any atom is -0.339 e. The smallest absolute Gasteiger partial charge is 0.131 e. The van der Waals surface area contributed by atoms with Crippen molar-refractivity contribution in [3.05, 3.63) is 51.6 Å². The van der Waals surface area contributed by atoms with E-state index < -0.39 is 0 Å². The zero-order valence-corrected chi connectivity index (χ0v) is 11.7. The Labute approximate surface area is 119 Å². The second-order valence-electron chi connectivity index (χ2n) is 3.92. The molecule has 0 aliphatic carbocycles. The van der Waals surface area contributed by atoms with Crippen LogP contribution in [0.2, 0.25) is 0 Å². The monoisotopic (exact) mass is 312 g/mol. The SMILES string of the molecule is Cc1cc(C#N)cc(Nc2cc(Br)ccc2C#N)n1. The Morgan fingerprint density at radius 3 is 2.63 bits per heavy atom. The molecule has 0 saturated carbocycles. The fraction of sp³-hybridized carbons (Fsp3) is 0.0714. The van der Waals surface area contributed by atoms with E-state index in [1.807, 2.05) is 6.92 Å². The van der Waals surface area contributed by atoms with Gasteiger partial charge in [-0.25, -0.2) is 4.98 Å². The Morgan fingerprint density at radius 2 is 1.95 bits per heavy atom. The van der Waals surface area contributed by atoms with Crippen molar-refractivity contribution < 1.29 is 0 Å². The van der Waals surface area contributed by atoms with Crippen molar-refractivity contribution in [2.45, 2.75) is 6.92 Å². The number of aromatic nitrogens is 1. The zero-order valence-electron chi connectivity index (χ0n) is 10.1. The lowest BCUT2D eigenvalue weighted by atomic mass is 10.2. The standard InChI is InChI=1S/C14H9BrN4/c1-9-4-10(7-16)5-14(18-9)19-13-6-12(15)3-2-11(13)8-17/h2-6H,1H3,(H,18,19). The van der Waals surface area contributed by atoms with E-state index >= 15 is 0 Å². The molecule has 19 heavy (non-hydrogen) atoms. The largest absolute Gasteiger partial charge is 0.339 e. The third-order valence-electron chi connectivity index (χ3n) is 2.45. The Kier molecular flexibility index (Phi) is 3.79. The molecule has 0 amide bonds. The normalized spacial score (nSPS) is 9.47. The fourth-order valence-corrected chi connectivity index (χ4v) is 2.01. The van der Waals surface area contributed by atoms with Crippen molar-refractivity contribution in [3.8, 4) is 12.1 Å². The number of nitrogens with one attached hydrogen (secondary N) is 1. The molecule has 2 rings (SSSR count). The number of hydrogen-bond donors (Lipinski definition) is 1. The highest BCUT2D eigenvalue weighted by molar-refractivity contribution is 9.10. The number of pyridine rings is 1. The molecule has 0 radical (unpaired) electrons. The first-order chi connectivity index (χ1) is 9.12. The molecule has 0 saturated heterocycles. The third kappa shape index (κ3) is 3.09. The lowest BCUT2D eigenvalue weighted by Crippen LogP contribution is -1.98. The summed E-state index contributed by atoms with van der Waals surface area (Å²) in [5.74, 6) is 0.547. The first-order valence-electron chi connectivity index (χ1n) is 5.48. The van der Waals surface area contributed by atoms with Gasteiger partial charge in [0, 0.05) is 10.2 Å². The molecule has 2 aromatic rings. The number of anilines is 2. The van der Waals surface area contributed by atoms with Crippen LogP contribution in [0.3, 0.4) is 0 Å². The van der Waals surface area contributed by atoms with Gasteiger partial charge >= 0.3 is 0 Å². The summed E-state index contributed by atoms with van der Waals surface area (Å²) in [6, 6.07) is 12.9. The van der Waals surface area contributed by atoms with Crippen LogP contribution in [0.5, 0.6) is 0 Å². The van der Waals surface area contributed by atoms with Gasteiger partial charge in [0.25, 0.3) is 0 Å². The molecule has 0 aliphatic heterocycles. The molecular weight excluding hydrogens is 304 g/mol. The number of benzene rings is 1. The van der Waals surface area contributed by atoms with E-state index in [0.717, 1.165) is 10.2 Å². The molecule has 0 unspecified atom stereocenters. The number of aryl methyl sites for hydroxylation is 1. The van der Waals surface area contributed by atoms with Gasteiger partial charge < -0.3 is 5.32 Å². The van der Waals surface area contributed by atoms with E-state index in [2.05, 4.69) is 38.4 Å². The molecule has 0 bridgehead atoms. The molecule has 4 nitrogen and oxygen atoms in total. The lowest BCUT2D eigenvalue weighted by Gasteiger charge is -2.09. The molecule has 0 atom stereocenters. The van der Waals surface area contributed by atoms with Gasteiger partial charge in [-0.15, -0.1) is 0 Å². The number of nitriles is 2. The summed E-state index contributed by atoms with van der Waals surface area (Å²) in [5.41, 5.74) is 2.45. The summed E-state index contributed by atoms with van der Waals surface area (Å²) in [6.07, 6.45) is 0. The zero-order chi connectivity index (χ0) is 13.8. The highest BCUT2D eigenvalue weighted by Crippen LogP contribution is 2.24. The maximum absolute atomic E-state index is 9.06. The molecule has 1 heterocycles. The molecule has 1 aromatic heterocycles. The Hall–Kier alpha value is -2.37. The van der Waals surface area contributed by atoms with E-state index in [-0.39, 0.29) is 0 Å². The number of halogens is 1. The molecule has 1 aromatic carbocycles. The van der Waals surface area contributed by atoms with Crippen LogP contribution < -0.4 is 5.32 Å². The van der Waals surface area contributed by atoms with Crippen LogP contribution in [0.1, 0.15) is 16.8 Å². The minimum absolute atomic E-state index is 0.519.